The van der Waals surface area contributed by atoms with Crippen LogP contribution in [0.25, 0.3) is 0 Å². The fraction of sp³-hybridized carbons (Fsp3) is 0.556. The predicted octanol–water partition coefficient (Wildman–Crippen LogP) is 3.19. The Morgan fingerprint density at radius 2 is 1.90 bits per heavy atom. The lowest BCUT2D eigenvalue weighted by atomic mass is 10.1. The molecule has 0 aliphatic rings. The average molecular weight is 140 g/mol. The lowest BCUT2D eigenvalue weighted by molar-refractivity contribution is 0.417. The van der Waals surface area contributed by atoms with E-state index < -0.39 is 0 Å². The minimum absolute atomic E-state index is 0.421. The van der Waals surface area contributed by atoms with Crippen molar-refractivity contribution in [2.75, 3.05) is 0 Å². The second-order valence-electron chi connectivity index (χ2n) is 2.24. The van der Waals surface area contributed by atoms with Gasteiger partial charge in [0.2, 0.25) is 0 Å². The Labute approximate surface area is 63.1 Å². The van der Waals surface area contributed by atoms with E-state index in [0.717, 1.165) is 18.4 Å². The molecule has 0 unspecified atom stereocenters. The van der Waals surface area contributed by atoms with Gasteiger partial charge in [0.05, 0.1) is 0 Å². The van der Waals surface area contributed by atoms with Crippen LogP contribution in [0.2, 0.25) is 0 Å². The first-order valence-corrected chi connectivity index (χ1v) is 3.77. The first-order valence-electron chi connectivity index (χ1n) is 3.77. The van der Waals surface area contributed by atoms with E-state index in [1.165, 1.54) is 0 Å². The van der Waals surface area contributed by atoms with Crippen LogP contribution in [-0.4, -0.2) is 5.11 Å². The van der Waals surface area contributed by atoms with Gasteiger partial charge in [-0.05, 0) is 31.9 Å². The van der Waals surface area contributed by atoms with E-state index >= 15 is 0 Å². The molecular weight excluding hydrogens is 124 g/mol. The molecule has 0 saturated carbocycles. The van der Waals surface area contributed by atoms with E-state index in [0.29, 0.717) is 5.76 Å². The molecule has 0 aromatic heterocycles. The van der Waals surface area contributed by atoms with Crippen LogP contribution in [-0.2, 0) is 0 Å². The van der Waals surface area contributed by atoms with Gasteiger partial charge in [0.15, 0.2) is 0 Å². The van der Waals surface area contributed by atoms with Crippen LogP contribution >= 0.6 is 0 Å². The van der Waals surface area contributed by atoms with Gasteiger partial charge in [0, 0.05) is 0 Å². The van der Waals surface area contributed by atoms with Crippen molar-refractivity contribution in [1.82, 2.24) is 0 Å². The zero-order chi connectivity index (χ0) is 7.98. The molecule has 0 bridgehead atoms. The molecule has 0 saturated heterocycles. The Hall–Kier alpha value is -0.720. The molecule has 0 heterocycles. The van der Waals surface area contributed by atoms with E-state index in [1.54, 1.807) is 6.08 Å². The van der Waals surface area contributed by atoms with Gasteiger partial charge >= 0.3 is 0 Å². The summed E-state index contributed by atoms with van der Waals surface area (Å²) >= 11 is 0. The van der Waals surface area contributed by atoms with E-state index in [9.17, 15) is 5.11 Å². The van der Waals surface area contributed by atoms with Gasteiger partial charge in [-0.25, -0.2) is 0 Å². The van der Waals surface area contributed by atoms with Gasteiger partial charge in [-0.1, -0.05) is 19.4 Å². The minimum atomic E-state index is 0.421. The van der Waals surface area contributed by atoms with Crippen molar-refractivity contribution in [3.05, 3.63) is 23.5 Å². The molecule has 58 valence electrons. The van der Waals surface area contributed by atoms with E-state index in [-0.39, 0.29) is 0 Å². The van der Waals surface area contributed by atoms with Crippen LogP contribution in [0.1, 0.15) is 33.6 Å². The Kier molecular flexibility index (Phi) is 4.73. The highest BCUT2D eigenvalue weighted by Gasteiger charge is 1.97. The number of hydrogen-bond donors (Lipinski definition) is 1. The molecule has 0 amide bonds. The van der Waals surface area contributed by atoms with Crippen molar-refractivity contribution in [3.63, 3.8) is 0 Å². The van der Waals surface area contributed by atoms with Crippen LogP contribution in [0.3, 0.4) is 0 Å². The lowest BCUT2D eigenvalue weighted by Gasteiger charge is -2.02. The summed E-state index contributed by atoms with van der Waals surface area (Å²) in [6.45, 7) is 5.89. The number of aliphatic hydroxyl groups is 1. The molecule has 0 radical (unpaired) electrons. The summed E-state index contributed by atoms with van der Waals surface area (Å²) < 4.78 is 0. The lowest BCUT2D eigenvalue weighted by Crippen LogP contribution is -1.86. The van der Waals surface area contributed by atoms with E-state index in [1.807, 2.05) is 19.9 Å². The predicted molar refractivity (Wildman–Crippen MR) is 45.1 cm³/mol. The number of rotatable bonds is 3. The summed E-state index contributed by atoms with van der Waals surface area (Å²) in [5.74, 6) is 0.421. The maximum Gasteiger partial charge on any atom is 0.114 e. The van der Waals surface area contributed by atoms with E-state index in [2.05, 4.69) is 6.92 Å². The van der Waals surface area contributed by atoms with Gasteiger partial charge in [-0.15, -0.1) is 0 Å². The topological polar surface area (TPSA) is 20.2 Å². The molecule has 0 aromatic rings. The first-order chi connectivity index (χ1) is 4.76. The van der Waals surface area contributed by atoms with Crippen molar-refractivity contribution >= 4 is 0 Å². The second kappa shape index (κ2) is 5.10. The molecule has 0 aromatic carbocycles. The van der Waals surface area contributed by atoms with Gasteiger partial charge in [0.25, 0.3) is 0 Å². The molecular formula is C9H16O. The monoisotopic (exact) mass is 140 g/mol. The van der Waals surface area contributed by atoms with Gasteiger partial charge < -0.3 is 5.11 Å². The van der Waals surface area contributed by atoms with Crippen molar-refractivity contribution < 1.29 is 5.11 Å². The first kappa shape index (κ1) is 9.28. The maximum absolute atomic E-state index is 9.24. The summed E-state index contributed by atoms with van der Waals surface area (Å²) in [6.07, 6.45) is 5.73. The largest absolute Gasteiger partial charge is 0.508 e. The van der Waals surface area contributed by atoms with Crippen molar-refractivity contribution in [2.45, 2.75) is 33.6 Å². The fourth-order valence-corrected chi connectivity index (χ4v) is 0.875. The molecule has 10 heavy (non-hydrogen) atoms. The molecule has 0 spiro atoms. The van der Waals surface area contributed by atoms with Crippen LogP contribution in [0, 0.1) is 0 Å². The quantitative estimate of drug-likeness (QED) is 0.471. The molecule has 0 fully saturated rings. The summed E-state index contributed by atoms with van der Waals surface area (Å²) in [5.41, 5.74) is 1.05. The van der Waals surface area contributed by atoms with Gasteiger partial charge in [-0.3, -0.25) is 0 Å². The molecule has 0 rings (SSSR count). The molecule has 1 N–H and O–H groups in total. The molecule has 1 heteroatoms. The maximum atomic E-state index is 9.24. The van der Waals surface area contributed by atoms with Crippen LogP contribution < -0.4 is 0 Å². The normalized spacial score (nSPS) is 13.9. The highest BCUT2D eigenvalue weighted by Crippen LogP contribution is 2.12. The Morgan fingerprint density at radius 3 is 2.20 bits per heavy atom. The Balaban J connectivity index is 4.09. The zero-order valence-electron chi connectivity index (χ0n) is 7.02. The SMILES string of the molecule is C/C=C(CCC)\C(O)=C/C. The van der Waals surface area contributed by atoms with Gasteiger partial charge in [-0.2, -0.15) is 0 Å². The molecule has 0 aliphatic heterocycles. The third-order valence-corrected chi connectivity index (χ3v) is 1.47. The Morgan fingerprint density at radius 1 is 1.30 bits per heavy atom. The van der Waals surface area contributed by atoms with Crippen LogP contribution in [0.4, 0.5) is 0 Å². The summed E-state index contributed by atoms with van der Waals surface area (Å²) in [6, 6.07) is 0. The summed E-state index contributed by atoms with van der Waals surface area (Å²) in [4.78, 5) is 0. The number of hydrogen-bond acceptors (Lipinski definition) is 1. The van der Waals surface area contributed by atoms with Crippen molar-refractivity contribution in [3.8, 4) is 0 Å². The number of aliphatic hydroxyl groups excluding tert-OH is 1. The third kappa shape index (κ3) is 2.72. The molecule has 0 atom stereocenters. The molecule has 1 nitrogen and oxygen atoms in total. The van der Waals surface area contributed by atoms with E-state index in [4.69, 9.17) is 0 Å². The second-order valence-corrected chi connectivity index (χ2v) is 2.24. The van der Waals surface area contributed by atoms with Crippen LogP contribution in [0.15, 0.2) is 23.5 Å². The highest BCUT2D eigenvalue weighted by atomic mass is 16.3. The van der Waals surface area contributed by atoms with Crippen LogP contribution in [0.5, 0.6) is 0 Å². The van der Waals surface area contributed by atoms with Crippen molar-refractivity contribution in [2.24, 2.45) is 0 Å². The van der Waals surface area contributed by atoms with Gasteiger partial charge in [0.1, 0.15) is 5.76 Å². The Bertz CT molecular complexity index is 143. The fourth-order valence-electron chi connectivity index (χ4n) is 0.875. The zero-order valence-corrected chi connectivity index (χ0v) is 7.02. The summed E-state index contributed by atoms with van der Waals surface area (Å²) in [7, 11) is 0. The van der Waals surface area contributed by atoms with Crippen molar-refractivity contribution in [1.29, 1.82) is 0 Å². The highest BCUT2D eigenvalue weighted by molar-refractivity contribution is 5.23. The average Bonchev–Trinajstić information content (AvgIpc) is 1.99. The minimum Gasteiger partial charge on any atom is -0.508 e. The molecule has 0 aliphatic carbocycles. The standard InChI is InChI=1S/C9H16O/c1-4-7-8(5-2)9(10)6-3/h5-6,10H,4,7H2,1-3H3/b8-5-,9-6+. The number of allylic oxidation sites excluding steroid dienone is 3. The smallest absolute Gasteiger partial charge is 0.114 e. The summed E-state index contributed by atoms with van der Waals surface area (Å²) in [5, 5.41) is 9.24. The third-order valence-electron chi connectivity index (χ3n) is 1.47.